The molecule has 0 aromatic rings. The fourth-order valence-corrected chi connectivity index (χ4v) is 2.86. The van der Waals surface area contributed by atoms with Gasteiger partial charge in [0.25, 0.3) is 0 Å². The van der Waals surface area contributed by atoms with Crippen molar-refractivity contribution in [3.8, 4) is 0 Å². The third kappa shape index (κ3) is 1.60. The number of rotatable bonds is 2. The highest BCUT2D eigenvalue weighted by atomic mass is 16.3. The van der Waals surface area contributed by atoms with Gasteiger partial charge in [-0.2, -0.15) is 0 Å². The van der Waals surface area contributed by atoms with Crippen LogP contribution in [0.4, 0.5) is 0 Å². The number of hydrogen-bond donors (Lipinski definition) is 2. The maximum absolute atomic E-state index is 9.44. The minimum atomic E-state index is 0.154. The highest BCUT2D eigenvalue weighted by molar-refractivity contribution is 5.01. The standard InChI is InChI=1S/C10H20N2O/c1-9-6-10(7-9,8-13)12-4-2-11-3-5-12/h9,11,13H,2-8H2,1H3. The second-order valence-electron chi connectivity index (χ2n) is 4.63. The molecule has 0 radical (unpaired) electrons. The molecule has 76 valence electrons. The largest absolute Gasteiger partial charge is 0.394 e. The van der Waals surface area contributed by atoms with Crippen LogP contribution in [0.3, 0.4) is 0 Å². The molecule has 1 aliphatic carbocycles. The quantitative estimate of drug-likeness (QED) is 0.636. The molecule has 2 N–H and O–H groups in total. The summed E-state index contributed by atoms with van der Waals surface area (Å²) in [4.78, 5) is 2.48. The van der Waals surface area contributed by atoms with E-state index in [9.17, 15) is 5.11 Å². The van der Waals surface area contributed by atoms with Gasteiger partial charge in [-0.05, 0) is 18.8 Å². The predicted octanol–water partition coefficient (Wildman–Crippen LogP) is 0.0526. The van der Waals surface area contributed by atoms with Crippen molar-refractivity contribution in [2.45, 2.75) is 25.3 Å². The Bertz CT molecular complexity index is 172. The lowest BCUT2D eigenvalue weighted by molar-refractivity contribution is -0.0630. The second kappa shape index (κ2) is 3.56. The van der Waals surface area contributed by atoms with Gasteiger partial charge >= 0.3 is 0 Å². The van der Waals surface area contributed by atoms with Gasteiger partial charge in [-0.3, -0.25) is 4.90 Å². The minimum absolute atomic E-state index is 0.154. The monoisotopic (exact) mass is 184 g/mol. The molecule has 1 heterocycles. The van der Waals surface area contributed by atoms with Gasteiger partial charge in [-0.1, -0.05) is 6.92 Å². The molecule has 1 saturated carbocycles. The summed E-state index contributed by atoms with van der Waals surface area (Å²) in [6, 6.07) is 0. The Morgan fingerprint density at radius 3 is 2.46 bits per heavy atom. The Kier molecular flexibility index (Phi) is 2.58. The number of aliphatic hydroxyl groups excluding tert-OH is 1. The van der Waals surface area contributed by atoms with Gasteiger partial charge in [0.15, 0.2) is 0 Å². The van der Waals surface area contributed by atoms with E-state index in [-0.39, 0.29) is 5.54 Å². The molecule has 0 aromatic heterocycles. The van der Waals surface area contributed by atoms with Crippen molar-refractivity contribution in [3.63, 3.8) is 0 Å². The second-order valence-corrected chi connectivity index (χ2v) is 4.63. The van der Waals surface area contributed by atoms with Crippen LogP contribution in [0.15, 0.2) is 0 Å². The summed E-state index contributed by atoms with van der Waals surface area (Å²) in [6.45, 7) is 6.99. The zero-order valence-electron chi connectivity index (χ0n) is 8.42. The highest BCUT2D eigenvalue weighted by Crippen LogP contribution is 2.41. The summed E-state index contributed by atoms with van der Waals surface area (Å²) in [5.74, 6) is 0.807. The van der Waals surface area contributed by atoms with Crippen molar-refractivity contribution in [2.24, 2.45) is 5.92 Å². The number of hydrogen-bond acceptors (Lipinski definition) is 3. The van der Waals surface area contributed by atoms with E-state index in [4.69, 9.17) is 0 Å². The van der Waals surface area contributed by atoms with E-state index in [2.05, 4.69) is 17.1 Å². The first kappa shape index (κ1) is 9.44. The third-order valence-electron chi connectivity index (χ3n) is 3.54. The van der Waals surface area contributed by atoms with E-state index >= 15 is 0 Å². The molecule has 0 aromatic carbocycles. The Hall–Kier alpha value is -0.120. The van der Waals surface area contributed by atoms with Crippen LogP contribution in [0.2, 0.25) is 0 Å². The molecule has 0 atom stereocenters. The van der Waals surface area contributed by atoms with Crippen LogP contribution in [0.1, 0.15) is 19.8 Å². The zero-order chi connectivity index (χ0) is 9.31. The molecule has 0 bridgehead atoms. The molecular weight excluding hydrogens is 164 g/mol. The zero-order valence-corrected chi connectivity index (χ0v) is 8.42. The predicted molar refractivity (Wildman–Crippen MR) is 52.7 cm³/mol. The van der Waals surface area contributed by atoms with Gasteiger partial charge in [0, 0.05) is 31.7 Å². The fraction of sp³-hybridized carbons (Fsp3) is 1.00. The van der Waals surface area contributed by atoms with Gasteiger partial charge in [0.1, 0.15) is 0 Å². The summed E-state index contributed by atoms with van der Waals surface area (Å²) in [5, 5.41) is 12.8. The van der Waals surface area contributed by atoms with Crippen LogP contribution in [-0.4, -0.2) is 48.3 Å². The van der Waals surface area contributed by atoms with E-state index < -0.39 is 0 Å². The lowest BCUT2D eigenvalue weighted by atomic mass is 9.68. The van der Waals surface area contributed by atoms with Crippen LogP contribution < -0.4 is 5.32 Å². The molecule has 2 fully saturated rings. The fourth-order valence-electron chi connectivity index (χ4n) is 2.86. The Balaban J connectivity index is 1.95. The van der Waals surface area contributed by atoms with Crippen LogP contribution >= 0.6 is 0 Å². The van der Waals surface area contributed by atoms with Crippen molar-refractivity contribution < 1.29 is 5.11 Å². The normalized spacial score (nSPS) is 41.5. The lowest BCUT2D eigenvalue weighted by Crippen LogP contribution is -2.63. The average molecular weight is 184 g/mol. The van der Waals surface area contributed by atoms with Gasteiger partial charge in [-0.25, -0.2) is 0 Å². The average Bonchev–Trinajstić information content (AvgIpc) is 2.14. The molecule has 2 aliphatic rings. The number of aliphatic hydroxyl groups is 1. The van der Waals surface area contributed by atoms with Gasteiger partial charge in [0.05, 0.1) is 6.61 Å². The Morgan fingerprint density at radius 1 is 1.38 bits per heavy atom. The van der Waals surface area contributed by atoms with Crippen LogP contribution in [0.25, 0.3) is 0 Å². The maximum atomic E-state index is 9.44. The number of piperazine rings is 1. The maximum Gasteiger partial charge on any atom is 0.0615 e. The lowest BCUT2D eigenvalue weighted by Gasteiger charge is -2.54. The van der Waals surface area contributed by atoms with Crippen molar-refractivity contribution >= 4 is 0 Å². The molecule has 3 heteroatoms. The van der Waals surface area contributed by atoms with E-state index in [1.54, 1.807) is 0 Å². The number of nitrogens with zero attached hydrogens (tertiary/aromatic N) is 1. The summed E-state index contributed by atoms with van der Waals surface area (Å²) >= 11 is 0. The first-order valence-electron chi connectivity index (χ1n) is 5.33. The molecule has 1 aliphatic heterocycles. The summed E-state index contributed by atoms with van der Waals surface area (Å²) in [6.07, 6.45) is 2.37. The van der Waals surface area contributed by atoms with Crippen molar-refractivity contribution in [1.29, 1.82) is 0 Å². The first-order valence-corrected chi connectivity index (χ1v) is 5.33. The van der Waals surface area contributed by atoms with Crippen molar-refractivity contribution in [2.75, 3.05) is 32.8 Å². The topological polar surface area (TPSA) is 35.5 Å². The van der Waals surface area contributed by atoms with Gasteiger partial charge in [-0.15, -0.1) is 0 Å². The van der Waals surface area contributed by atoms with E-state index in [1.165, 1.54) is 12.8 Å². The Morgan fingerprint density at radius 2 is 2.00 bits per heavy atom. The molecule has 13 heavy (non-hydrogen) atoms. The summed E-state index contributed by atoms with van der Waals surface area (Å²) in [5.41, 5.74) is 0.154. The van der Waals surface area contributed by atoms with Crippen molar-refractivity contribution in [1.82, 2.24) is 10.2 Å². The van der Waals surface area contributed by atoms with Crippen LogP contribution in [0, 0.1) is 5.92 Å². The smallest absolute Gasteiger partial charge is 0.0615 e. The molecule has 0 unspecified atom stereocenters. The minimum Gasteiger partial charge on any atom is -0.394 e. The molecule has 2 rings (SSSR count). The first-order chi connectivity index (χ1) is 6.27. The van der Waals surface area contributed by atoms with Crippen LogP contribution in [0.5, 0.6) is 0 Å². The molecule has 3 nitrogen and oxygen atoms in total. The SMILES string of the molecule is CC1CC(CO)(N2CCNCC2)C1. The number of nitrogens with one attached hydrogen (secondary N) is 1. The molecule has 0 spiro atoms. The highest BCUT2D eigenvalue weighted by Gasteiger charge is 2.46. The van der Waals surface area contributed by atoms with E-state index in [0.29, 0.717) is 6.61 Å². The van der Waals surface area contributed by atoms with Crippen molar-refractivity contribution in [3.05, 3.63) is 0 Å². The van der Waals surface area contributed by atoms with E-state index in [0.717, 1.165) is 32.1 Å². The molecule has 0 amide bonds. The Labute approximate surface area is 80.1 Å². The summed E-state index contributed by atoms with van der Waals surface area (Å²) < 4.78 is 0. The molecular formula is C10H20N2O. The third-order valence-corrected chi connectivity index (χ3v) is 3.54. The van der Waals surface area contributed by atoms with E-state index in [1.807, 2.05) is 0 Å². The molecule has 1 saturated heterocycles. The van der Waals surface area contributed by atoms with Crippen LogP contribution in [-0.2, 0) is 0 Å². The van der Waals surface area contributed by atoms with Gasteiger partial charge < -0.3 is 10.4 Å². The van der Waals surface area contributed by atoms with Gasteiger partial charge in [0.2, 0.25) is 0 Å². The summed E-state index contributed by atoms with van der Waals surface area (Å²) in [7, 11) is 0.